The Labute approximate surface area is 135 Å². The van der Waals surface area contributed by atoms with Gasteiger partial charge in [-0.2, -0.15) is 0 Å². The number of methoxy groups -OCH3 is 1. The van der Waals surface area contributed by atoms with Crippen molar-refractivity contribution in [1.29, 1.82) is 0 Å². The summed E-state index contributed by atoms with van der Waals surface area (Å²) in [7, 11) is 1.46. The molecule has 0 amide bonds. The molecular weight excluding hydrogens is 306 g/mol. The van der Waals surface area contributed by atoms with Gasteiger partial charge in [0.15, 0.2) is 0 Å². The molecule has 1 aromatic rings. The second kappa shape index (κ2) is 7.52. The zero-order valence-corrected chi connectivity index (χ0v) is 14.1. The molecule has 2 rings (SSSR count). The lowest BCUT2D eigenvalue weighted by Gasteiger charge is -2.15. The summed E-state index contributed by atoms with van der Waals surface area (Å²) >= 11 is 7.92. The van der Waals surface area contributed by atoms with Crippen LogP contribution in [0.15, 0.2) is 23.1 Å². The van der Waals surface area contributed by atoms with Crippen molar-refractivity contribution in [2.45, 2.75) is 37.6 Å². The van der Waals surface area contributed by atoms with Crippen LogP contribution in [-0.4, -0.2) is 25.4 Å². The van der Waals surface area contributed by atoms with Crippen molar-refractivity contribution in [3.05, 3.63) is 28.8 Å². The average Bonchev–Trinajstić information content (AvgIpc) is 3.24. The molecule has 1 aliphatic carbocycles. The molecule has 1 saturated carbocycles. The topological polar surface area (TPSA) is 38.3 Å². The van der Waals surface area contributed by atoms with Crippen LogP contribution in [0.2, 0.25) is 5.02 Å². The average molecular weight is 328 g/mol. The molecule has 0 radical (unpaired) electrons. The third kappa shape index (κ3) is 4.90. The summed E-state index contributed by atoms with van der Waals surface area (Å²) in [4.78, 5) is 12.7. The first-order valence-electron chi connectivity index (χ1n) is 7.27. The number of carbonyl (C=O) groups excluding carboxylic acids is 1. The van der Waals surface area contributed by atoms with Crippen molar-refractivity contribution >= 4 is 29.3 Å². The maximum absolute atomic E-state index is 11.5. The van der Waals surface area contributed by atoms with E-state index in [0.717, 1.165) is 36.7 Å². The lowest BCUT2D eigenvalue weighted by molar-refractivity contribution is -0.141. The SMILES string of the molecule is CCNCc1ccc(Cl)cc1SCC1(CC(=O)OC)CC1. The van der Waals surface area contributed by atoms with Crippen LogP contribution in [-0.2, 0) is 16.1 Å². The second-order valence-corrected chi connectivity index (χ2v) is 7.03. The number of halogens is 1. The van der Waals surface area contributed by atoms with Gasteiger partial charge in [-0.05, 0) is 42.5 Å². The van der Waals surface area contributed by atoms with Gasteiger partial charge in [-0.1, -0.05) is 24.6 Å². The van der Waals surface area contributed by atoms with E-state index in [1.807, 2.05) is 12.1 Å². The molecule has 1 N–H and O–H groups in total. The van der Waals surface area contributed by atoms with Gasteiger partial charge in [0.1, 0.15) is 0 Å². The highest BCUT2D eigenvalue weighted by Crippen LogP contribution is 2.52. The van der Waals surface area contributed by atoms with Crippen LogP contribution in [0.4, 0.5) is 0 Å². The fourth-order valence-electron chi connectivity index (χ4n) is 2.23. The minimum Gasteiger partial charge on any atom is -0.469 e. The smallest absolute Gasteiger partial charge is 0.306 e. The Morgan fingerprint density at radius 3 is 2.86 bits per heavy atom. The predicted molar refractivity (Wildman–Crippen MR) is 87.9 cm³/mol. The molecule has 0 atom stereocenters. The number of hydrogen-bond acceptors (Lipinski definition) is 4. The Balaban J connectivity index is 1.99. The maximum Gasteiger partial charge on any atom is 0.306 e. The minimum absolute atomic E-state index is 0.105. The molecule has 0 aromatic heterocycles. The molecule has 0 unspecified atom stereocenters. The summed E-state index contributed by atoms with van der Waals surface area (Å²) in [6.45, 7) is 3.89. The van der Waals surface area contributed by atoms with Gasteiger partial charge in [-0.3, -0.25) is 4.79 Å². The normalized spacial score (nSPS) is 15.8. The Hall–Kier alpha value is -0.710. The van der Waals surface area contributed by atoms with Crippen molar-refractivity contribution in [2.75, 3.05) is 19.4 Å². The molecule has 0 aliphatic heterocycles. The van der Waals surface area contributed by atoms with Crippen LogP contribution in [0, 0.1) is 5.41 Å². The van der Waals surface area contributed by atoms with E-state index in [1.165, 1.54) is 17.6 Å². The van der Waals surface area contributed by atoms with E-state index >= 15 is 0 Å². The molecule has 0 heterocycles. The standard InChI is InChI=1S/C16H22ClNO2S/c1-3-18-10-12-4-5-13(17)8-14(12)21-11-16(6-7-16)9-15(19)20-2/h4-5,8,18H,3,6-7,9-11H2,1-2H3. The molecule has 1 fully saturated rings. The molecule has 21 heavy (non-hydrogen) atoms. The van der Waals surface area contributed by atoms with Crippen LogP contribution in [0.1, 0.15) is 31.7 Å². The number of benzene rings is 1. The van der Waals surface area contributed by atoms with E-state index in [0.29, 0.717) is 6.42 Å². The fourth-order valence-corrected chi connectivity index (χ4v) is 3.85. The molecule has 5 heteroatoms. The number of thioether (sulfide) groups is 1. The second-order valence-electron chi connectivity index (χ2n) is 5.57. The van der Waals surface area contributed by atoms with Crippen molar-refractivity contribution in [2.24, 2.45) is 5.41 Å². The van der Waals surface area contributed by atoms with E-state index in [4.69, 9.17) is 16.3 Å². The van der Waals surface area contributed by atoms with Crippen LogP contribution in [0.25, 0.3) is 0 Å². The molecule has 0 bridgehead atoms. The summed E-state index contributed by atoms with van der Waals surface area (Å²) in [5.41, 5.74) is 1.40. The van der Waals surface area contributed by atoms with E-state index < -0.39 is 0 Å². The summed E-state index contributed by atoms with van der Waals surface area (Å²) in [6, 6.07) is 6.03. The van der Waals surface area contributed by atoms with Gasteiger partial charge >= 0.3 is 5.97 Å². The molecule has 0 saturated heterocycles. The zero-order valence-electron chi connectivity index (χ0n) is 12.6. The Morgan fingerprint density at radius 1 is 1.48 bits per heavy atom. The highest BCUT2D eigenvalue weighted by molar-refractivity contribution is 7.99. The molecule has 1 aromatic carbocycles. The molecular formula is C16H22ClNO2S. The van der Waals surface area contributed by atoms with Crippen molar-refractivity contribution in [1.82, 2.24) is 5.32 Å². The molecule has 0 spiro atoms. The predicted octanol–water partition coefficient (Wildman–Crippen LogP) is 3.88. The van der Waals surface area contributed by atoms with Crippen molar-refractivity contribution in [3.63, 3.8) is 0 Å². The first-order chi connectivity index (χ1) is 10.1. The minimum atomic E-state index is -0.105. The molecule has 116 valence electrons. The number of ether oxygens (including phenoxy) is 1. The Kier molecular flexibility index (Phi) is 5.97. The van der Waals surface area contributed by atoms with E-state index in [2.05, 4.69) is 18.3 Å². The monoisotopic (exact) mass is 327 g/mol. The fraction of sp³-hybridized carbons (Fsp3) is 0.562. The van der Waals surface area contributed by atoms with Gasteiger partial charge in [0.05, 0.1) is 13.5 Å². The van der Waals surface area contributed by atoms with Crippen molar-refractivity contribution in [3.8, 4) is 0 Å². The van der Waals surface area contributed by atoms with Crippen LogP contribution in [0.5, 0.6) is 0 Å². The van der Waals surface area contributed by atoms with E-state index in [-0.39, 0.29) is 11.4 Å². The first-order valence-corrected chi connectivity index (χ1v) is 8.64. The summed E-state index contributed by atoms with van der Waals surface area (Å²) in [6.07, 6.45) is 2.75. The Bertz CT molecular complexity index is 503. The molecule has 1 aliphatic rings. The highest BCUT2D eigenvalue weighted by atomic mass is 35.5. The summed E-state index contributed by atoms with van der Waals surface area (Å²) in [5.74, 6) is 0.841. The number of carbonyl (C=O) groups is 1. The number of hydrogen-bond donors (Lipinski definition) is 1. The quantitative estimate of drug-likeness (QED) is 0.581. The van der Waals surface area contributed by atoms with Gasteiger partial charge in [0.2, 0.25) is 0 Å². The van der Waals surface area contributed by atoms with Gasteiger partial charge < -0.3 is 10.1 Å². The van der Waals surface area contributed by atoms with Gasteiger partial charge in [-0.25, -0.2) is 0 Å². The van der Waals surface area contributed by atoms with Crippen molar-refractivity contribution < 1.29 is 9.53 Å². The lowest BCUT2D eigenvalue weighted by atomic mass is 10.1. The summed E-state index contributed by atoms with van der Waals surface area (Å²) in [5, 5.41) is 4.11. The van der Waals surface area contributed by atoms with Crippen LogP contribution in [0.3, 0.4) is 0 Å². The first kappa shape index (κ1) is 16.7. The van der Waals surface area contributed by atoms with Gasteiger partial charge in [0.25, 0.3) is 0 Å². The summed E-state index contributed by atoms with van der Waals surface area (Å²) < 4.78 is 4.79. The number of nitrogens with one attached hydrogen (secondary N) is 1. The van der Waals surface area contributed by atoms with Crippen LogP contribution >= 0.6 is 23.4 Å². The van der Waals surface area contributed by atoms with E-state index in [9.17, 15) is 4.79 Å². The highest BCUT2D eigenvalue weighted by Gasteiger charge is 2.44. The van der Waals surface area contributed by atoms with Gasteiger partial charge in [-0.15, -0.1) is 11.8 Å². The zero-order chi connectivity index (χ0) is 15.3. The third-order valence-electron chi connectivity index (χ3n) is 3.83. The maximum atomic E-state index is 11.5. The lowest BCUT2D eigenvalue weighted by Crippen LogP contribution is -2.14. The van der Waals surface area contributed by atoms with E-state index in [1.54, 1.807) is 11.8 Å². The van der Waals surface area contributed by atoms with Gasteiger partial charge in [0, 0.05) is 22.2 Å². The largest absolute Gasteiger partial charge is 0.469 e. The Morgan fingerprint density at radius 2 is 2.24 bits per heavy atom. The van der Waals surface area contributed by atoms with Crippen LogP contribution < -0.4 is 5.32 Å². The number of esters is 1. The molecule has 3 nitrogen and oxygen atoms in total. The third-order valence-corrected chi connectivity index (χ3v) is 5.52. The number of rotatable bonds is 8.